The number of carbonyl (C=O) groups is 1. The summed E-state index contributed by atoms with van der Waals surface area (Å²) in [7, 11) is 0. The van der Waals surface area contributed by atoms with E-state index in [1.807, 2.05) is 36.4 Å². The van der Waals surface area contributed by atoms with Crippen LogP contribution in [0.15, 0.2) is 59.7 Å². The van der Waals surface area contributed by atoms with Gasteiger partial charge in [-0.15, -0.1) is 0 Å². The zero-order chi connectivity index (χ0) is 18.8. The largest absolute Gasteiger partial charge is 0.507 e. The maximum Gasteiger partial charge on any atom is 0.284 e. The third kappa shape index (κ3) is 3.42. The van der Waals surface area contributed by atoms with Crippen molar-refractivity contribution in [3.05, 3.63) is 65.7 Å². The zero-order valence-electron chi connectivity index (χ0n) is 14.7. The molecule has 0 aromatic heterocycles. The second-order valence-electron chi connectivity index (χ2n) is 6.31. The van der Waals surface area contributed by atoms with Crippen molar-refractivity contribution in [2.75, 3.05) is 6.61 Å². The van der Waals surface area contributed by atoms with Gasteiger partial charge in [-0.1, -0.05) is 36.4 Å². The minimum Gasteiger partial charge on any atom is -0.507 e. The third-order valence-corrected chi connectivity index (χ3v) is 4.41. The fraction of sp³-hybridized carbons (Fsp3) is 0.143. The zero-order valence-corrected chi connectivity index (χ0v) is 14.7. The topological polar surface area (TPSA) is 80.2 Å². The number of para-hydroxylation sites is 1. The minimum atomic E-state index is -0.804. The molecule has 4 rings (SSSR count). The van der Waals surface area contributed by atoms with Crippen LogP contribution in [0.5, 0.6) is 17.2 Å². The lowest BCUT2D eigenvalue weighted by atomic mass is 10.1. The normalized spacial score (nSPS) is 15.8. The number of aryl methyl sites for hydroxylation is 1. The van der Waals surface area contributed by atoms with E-state index in [0.29, 0.717) is 17.1 Å². The van der Waals surface area contributed by atoms with Gasteiger partial charge in [0.05, 0.1) is 6.21 Å². The lowest BCUT2D eigenvalue weighted by Gasteiger charge is -2.25. The minimum absolute atomic E-state index is 0.0996. The molecule has 6 heteroatoms. The molecule has 0 fully saturated rings. The molecule has 0 saturated heterocycles. The Morgan fingerprint density at radius 3 is 2.67 bits per heavy atom. The molecule has 1 aliphatic rings. The number of phenols is 1. The highest BCUT2D eigenvalue weighted by Gasteiger charge is 2.27. The summed E-state index contributed by atoms with van der Waals surface area (Å²) in [5.74, 6) is 0.858. The van der Waals surface area contributed by atoms with E-state index in [1.54, 1.807) is 25.1 Å². The van der Waals surface area contributed by atoms with Crippen molar-refractivity contribution in [3.63, 3.8) is 0 Å². The first kappa shape index (κ1) is 16.9. The number of carbonyl (C=O) groups excluding carboxylic acids is 1. The van der Waals surface area contributed by atoms with E-state index in [-0.39, 0.29) is 12.4 Å². The van der Waals surface area contributed by atoms with E-state index in [4.69, 9.17) is 9.47 Å². The number of nitrogens with zero attached hydrogens (tertiary/aromatic N) is 1. The molecule has 0 aliphatic carbocycles. The highest BCUT2D eigenvalue weighted by molar-refractivity contribution is 5.88. The van der Waals surface area contributed by atoms with E-state index < -0.39 is 12.0 Å². The SMILES string of the molecule is Cc1cccc(/C=N\NC(=O)C2COc3cc4ccccc4cc3O2)c1O. The molecule has 0 spiro atoms. The summed E-state index contributed by atoms with van der Waals surface area (Å²) in [5.41, 5.74) is 3.69. The molecule has 136 valence electrons. The number of benzene rings is 3. The van der Waals surface area contributed by atoms with E-state index in [9.17, 15) is 9.90 Å². The summed E-state index contributed by atoms with van der Waals surface area (Å²) >= 11 is 0. The van der Waals surface area contributed by atoms with Gasteiger partial charge in [0.1, 0.15) is 12.4 Å². The molecule has 3 aromatic carbocycles. The number of rotatable bonds is 3. The maximum absolute atomic E-state index is 12.3. The fourth-order valence-corrected chi connectivity index (χ4v) is 2.91. The van der Waals surface area contributed by atoms with Gasteiger partial charge in [0.2, 0.25) is 6.10 Å². The summed E-state index contributed by atoms with van der Waals surface area (Å²) < 4.78 is 11.5. The van der Waals surface area contributed by atoms with Crippen molar-refractivity contribution in [1.29, 1.82) is 0 Å². The summed E-state index contributed by atoms with van der Waals surface area (Å²) in [6, 6.07) is 16.9. The number of fused-ring (bicyclic) bond motifs is 2. The summed E-state index contributed by atoms with van der Waals surface area (Å²) in [5, 5.41) is 15.9. The number of nitrogens with one attached hydrogen (secondary N) is 1. The van der Waals surface area contributed by atoms with Gasteiger partial charge >= 0.3 is 0 Å². The third-order valence-electron chi connectivity index (χ3n) is 4.41. The van der Waals surface area contributed by atoms with Crippen molar-refractivity contribution < 1.29 is 19.4 Å². The van der Waals surface area contributed by atoms with Crippen molar-refractivity contribution in [2.24, 2.45) is 5.10 Å². The van der Waals surface area contributed by atoms with Gasteiger partial charge < -0.3 is 14.6 Å². The molecule has 1 atom stereocenters. The van der Waals surface area contributed by atoms with E-state index in [2.05, 4.69) is 10.5 Å². The van der Waals surface area contributed by atoms with Gasteiger partial charge in [-0.25, -0.2) is 5.43 Å². The average molecular weight is 362 g/mol. The number of hydrogen-bond acceptors (Lipinski definition) is 5. The van der Waals surface area contributed by atoms with Crippen LogP contribution in [0.4, 0.5) is 0 Å². The molecular weight excluding hydrogens is 344 g/mol. The molecule has 0 bridgehead atoms. The lowest BCUT2D eigenvalue weighted by Crippen LogP contribution is -2.42. The van der Waals surface area contributed by atoms with Crippen LogP contribution in [0.25, 0.3) is 10.8 Å². The Hall–Kier alpha value is -3.54. The first-order valence-electron chi connectivity index (χ1n) is 8.55. The van der Waals surface area contributed by atoms with Crippen LogP contribution in [-0.4, -0.2) is 29.9 Å². The van der Waals surface area contributed by atoms with Crippen LogP contribution in [0.2, 0.25) is 0 Å². The van der Waals surface area contributed by atoms with Gasteiger partial charge in [-0.3, -0.25) is 4.79 Å². The smallest absolute Gasteiger partial charge is 0.284 e. The van der Waals surface area contributed by atoms with Crippen LogP contribution in [0, 0.1) is 6.92 Å². The van der Waals surface area contributed by atoms with Gasteiger partial charge in [0.25, 0.3) is 5.91 Å². The quantitative estimate of drug-likeness (QED) is 0.554. The Kier molecular flexibility index (Phi) is 4.38. The highest BCUT2D eigenvalue weighted by atomic mass is 16.6. The number of amides is 1. The molecule has 1 heterocycles. The molecule has 1 aliphatic heterocycles. The Bertz CT molecular complexity index is 1050. The number of phenolic OH excluding ortho intramolecular Hbond substituents is 1. The molecule has 6 nitrogen and oxygen atoms in total. The second kappa shape index (κ2) is 6.99. The standard InChI is InChI=1S/C21H18N2O4/c1-13-5-4-8-16(20(13)24)11-22-23-21(25)19-12-26-17-9-14-6-2-3-7-15(14)10-18(17)27-19/h2-11,19,24H,12H2,1H3,(H,23,25)/b22-11-. The molecular formula is C21H18N2O4. The molecule has 1 amide bonds. The Morgan fingerprint density at radius 1 is 1.15 bits per heavy atom. The fourth-order valence-electron chi connectivity index (χ4n) is 2.91. The van der Waals surface area contributed by atoms with Gasteiger partial charge in [0.15, 0.2) is 11.5 Å². The number of hydrazone groups is 1. The Labute approximate surface area is 156 Å². The summed E-state index contributed by atoms with van der Waals surface area (Å²) in [6.45, 7) is 1.89. The van der Waals surface area contributed by atoms with Crippen molar-refractivity contribution in [2.45, 2.75) is 13.0 Å². The monoisotopic (exact) mass is 362 g/mol. The molecule has 2 N–H and O–H groups in total. The maximum atomic E-state index is 12.3. The average Bonchev–Trinajstić information content (AvgIpc) is 2.69. The van der Waals surface area contributed by atoms with Crippen molar-refractivity contribution in [1.82, 2.24) is 5.43 Å². The van der Waals surface area contributed by atoms with E-state index in [0.717, 1.165) is 16.3 Å². The lowest BCUT2D eigenvalue weighted by molar-refractivity contribution is -0.130. The molecule has 0 saturated carbocycles. The van der Waals surface area contributed by atoms with E-state index >= 15 is 0 Å². The molecule has 1 unspecified atom stereocenters. The highest BCUT2D eigenvalue weighted by Crippen LogP contribution is 2.35. The number of hydrogen-bond donors (Lipinski definition) is 2. The molecule has 0 radical (unpaired) electrons. The molecule has 3 aromatic rings. The summed E-state index contributed by atoms with van der Waals surface area (Å²) in [6.07, 6.45) is 0.590. The number of ether oxygens (including phenoxy) is 2. The van der Waals surface area contributed by atoms with E-state index in [1.165, 1.54) is 6.21 Å². The van der Waals surface area contributed by atoms with Gasteiger partial charge in [-0.05, 0) is 41.5 Å². The first-order valence-corrected chi connectivity index (χ1v) is 8.55. The van der Waals surface area contributed by atoms with Crippen LogP contribution in [0.3, 0.4) is 0 Å². The Morgan fingerprint density at radius 2 is 1.89 bits per heavy atom. The van der Waals surface area contributed by atoms with Gasteiger partial charge in [-0.2, -0.15) is 5.10 Å². The molecule has 27 heavy (non-hydrogen) atoms. The predicted molar refractivity (Wildman–Crippen MR) is 102 cm³/mol. The number of aromatic hydroxyl groups is 1. The van der Waals surface area contributed by atoms with Crippen LogP contribution >= 0.6 is 0 Å². The van der Waals surface area contributed by atoms with Crippen molar-refractivity contribution >= 4 is 22.9 Å². The predicted octanol–water partition coefficient (Wildman–Crippen LogP) is 3.14. The van der Waals surface area contributed by atoms with Crippen molar-refractivity contribution in [3.8, 4) is 17.2 Å². The van der Waals surface area contributed by atoms with Crippen LogP contribution in [0.1, 0.15) is 11.1 Å². The van der Waals surface area contributed by atoms with Gasteiger partial charge in [0, 0.05) is 5.56 Å². The van der Waals surface area contributed by atoms with Crippen LogP contribution < -0.4 is 14.9 Å². The summed E-state index contributed by atoms with van der Waals surface area (Å²) in [4.78, 5) is 12.3. The Balaban J connectivity index is 1.45. The second-order valence-corrected chi connectivity index (χ2v) is 6.31. The van der Waals surface area contributed by atoms with Crippen LogP contribution in [-0.2, 0) is 4.79 Å². The first-order chi connectivity index (χ1) is 13.1.